The lowest BCUT2D eigenvalue weighted by Crippen LogP contribution is -2.28. The Hall–Kier alpha value is -3.22. The van der Waals surface area contributed by atoms with E-state index in [2.05, 4.69) is 29.5 Å². The minimum Gasteiger partial charge on any atom is -0.351 e. The molecule has 152 valence electrons. The Kier molecular flexibility index (Phi) is 6.59. The van der Waals surface area contributed by atoms with E-state index in [1.54, 1.807) is 40.9 Å². The number of nitrogens with zero attached hydrogens (tertiary/aromatic N) is 2. The maximum atomic E-state index is 13.0. The lowest BCUT2D eigenvalue weighted by molar-refractivity contribution is 0.0943. The molecule has 0 atom stereocenters. The molecule has 3 rings (SSSR count). The van der Waals surface area contributed by atoms with E-state index in [9.17, 15) is 14.0 Å². The Bertz CT molecular complexity index is 996. The second-order valence-corrected chi connectivity index (χ2v) is 7.31. The Morgan fingerprint density at radius 1 is 1.03 bits per heavy atom. The van der Waals surface area contributed by atoms with Gasteiger partial charge >= 0.3 is 0 Å². The number of fused-ring (bicyclic) bond motifs is 1. The van der Waals surface area contributed by atoms with E-state index in [1.807, 2.05) is 0 Å². The summed E-state index contributed by atoms with van der Waals surface area (Å²) in [5.74, 6) is -0.305. The number of pyridine rings is 1. The summed E-state index contributed by atoms with van der Waals surface area (Å²) >= 11 is 0. The number of benzene rings is 1. The molecule has 2 N–H and O–H groups in total. The molecule has 0 unspecified atom stereocenters. The SMILES string of the molecule is CC(C)CCNC(=O)c1nc(C(=O)NCCc2ccc(F)cc2)n2ccccc12. The second-order valence-electron chi connectivity index (χ2n) is 7.31. The summed E-state index contributed by atoms with van der Waals surface area (Å²) < 4.78 is 14.6. The summed E-state index contributed by atoms with van der Waals surface area (Å²) in [6, 6.07) is 11.5. The number of halogens is 1. The van der Waals surface area contributed by atoms with Crippen LogP contribution >= 0.6 is 0 Å². The lowest BCUT2D eigenvalue weighted by atomic mass is 10.1. The van der Waals surface area contributed by atoms with Gasteiger partial charge in [0.2, 0.25) is 5.82 Å². The molecule has 2 heterocycles. The first kappa shape index (κ1) is 20.5. The fourth-order valence-electron chi connectivity index (χ4n) is 2.97. The fraction of sp³-hybridized carbons (Fsp3) is 0.318. The summed E-state index contributed by atoms with van der Waals surface area (Å²) in [6.07, 6.45) is 3.15. The molecular formula is C22H25FN4O2. The molecule has 7 heteroatoms. The number of aromatic nitrogens is 2. The highest BCUT2D eigenvalue weighted by molar-refractivity contribution is 6.02. The third-order valence-electron chi connectivity index (χ3n) is 4.59. The highest BCUT2D eigenvalue weighted by Crippen LogP contribution is 2.13. The predicted octanol–water partition coefficient (Wildman–Crippen LogP) is 3.22. The molecule has 0 aliphatic heterocycles. The summed E-state index contributed by atoms with van der Waals surface area (Å²) in [4.78, 5) is 29.5. The van der Waals surface area contributed by atoms with E-state index in [0.717, 1.165) is 12.0 Å². The number of hydrogen-bond donors (Lipinski definition) is 2. The third-order valence-corrected chi connectivity index (χ3v) is 4.59. The van der Waals surface area contributed by atoms with Gasteiger partial charge in [-0.2, -0.15) is 0 Å². The van der Waals surface area contributed by atoms with Crippen molar-refractivity contribution < 1.29 is 14.0 Å². The third kappa shape index (κ3) is 5.19. The molecule has 0 spiro atoms. The molecule has 0 fully saturated rings. The van der Waals surface area contributed by atoms with Gasteiger partial charge in [-0.1, -0.05) is 32.0 Å². The molecule has 2 amide bonds. The van der Waals surface area contributed by atoms with Crippen LogP contribution in [0.2, 0.25) is 0 Å². The highest BCUT2D eigenvalue weighted by Gasteiger charge is 2.21. The zero-order chi connectivity index (χ0) is 20.8. The van der Waals surface area contributed by atoms with Gasteiger partial charge in [0.05, 0.1) is 5.52 Å². The van der Waals surface area contributed by atoms with Gasteiger partial charge in [0.1, 0.15) is 5.82 Å². The second kappa shape index (κ2) is 9.32. The van der Waals surface area contributed by atoms with E-state index in [1.165, 1.54) is 12.1 Å². The van der Waals surface area contributed by atoms with Gasteiger partial charge in [0.15, 0.2) is 5.69 Å². The molecule has 29 heavy (non-hydrogen) atoms. The zero-order valence-electron chi connectivity index (χ0n) is 16.6. The minimum absolute atomic E-state index is 0.161. The standard InChI is InChI=1S/C22H25FN4O2/c1-15(2)10-12-24-21(28)19-18-5-3-4-14-27(18)20(26-19)22(29)25-13-11-16-6-8-17(23)9-7-16/h3-9,14-15H,10-13H2,1-2H3,(H,24,28)(H,25,29). The van der Waals surface area contributed by atoms with Crippen molar-refractivity contribution in [3.63, 3.8) is 0 Å². The molecule has 0 saturated carbocycles. The molecular weight excluding hydrogens is 371 g/mol. The Balaban J connectivity index is 1.70. The van der Waals surface area contributed by atoms with E-state index in [4.69, 9.17) is 0 Å². The van der Waals surface area contributed by atoms with Gasteiger partial charge in [-0.3, -0.25) is 14.0 Å². The van der Waals surface area contributed by atoms with Crippen LogP contribution < -0.4 is 10.6 Å². The maximum absolute atomic E-state index is 13.0. The van der Waals surface area contributed by atoms with Crippen LogP contribution in [-0.2, 0) is 6.42 Å². The first-order valence-electron chi connectivity index (χ1n) is 9.73. The molecule has 3 aromatic rings. The van der Waals surface area contributed by atoms with Crippen molar-refractivity contribution in [1.29, 1.82) is 0 Å². The number of amides is 2. The van der Waals surface area contributed by atoms with Crippen molar-refractivity contribution in [3.8, 4) is 0 Å². The van der Waals surface area contributed by atoms with E-state index >= 15 is 0 Å². The van der Waals surface area contributed by atoms with E-state index in [0.29, 0.717) is 30.9 Å². The molecule has 0 bridgehead atoms. The van der Waals surface area contributed by atoms with Crippen LogP contribution in [-0.4, -0.2) is 34.3 Å². The number of carbonyl (C=O) groups excluding carboxylic acids is 2. The van der Waals surface area contributed by atoms with Crippen LogP contribution in [0.3, 0.4) is 0 Å². The Morgan fingerprint density at radius 2 is 1.76 bits per heavy atom. The minimum atomic E-state index is -0.366. The van der Waals surface area contributed by atoms with Crippen LogP contribution in [0.4, 0.5) is 4.39 Å². The van der Waals surface area contributed by atoms with Gasteiger partial charge in [0.25, 0.3) is 11.8 Å². The van der Waals surface area contributed by atoms with Crippen LogP contribution in [0.25, 0.3) is 5.52 Å². The fourth-order valence-corrected chi connectivity index (χ4v) is 2.97. The number of hydrogen-bond acceptors (Lipinski definition) is 3. The Labute approximate surface area is 169 Å². The van der Waals surface area contributed by atoms with Crippen molar-refractivity contribution in [1.82, 2.24) is 20.0 Å². The lowest BCUT2D eigenvalue weighted by Gasteiger charge is -2.05. The van der Waals surface area contributed by atoms with Crippen LogP contribution in [0.15, 0.2) is 48.7 Å². The smallest absolute Gasteiger partial charge is 0.287 e. The van der Waals surface area contributed by atoms with Crippen molar-refractivity contribution in [2.75, 3.05) is 13.1 Å². The van der Waals surface area contributed by atoms with Crippen LogP contribution in [0.5, 0.6) is 0 Å². The number of imidazole rings is 1. The number of rotatable bonds is 8. The quantitative estimate of drug-likeness (QED) is 0.614. The topological polar surface area (TPSA) is 75.5 Å². The molecule has 0 aliphatic carbocycles. The molecule has 0 radical (unpaired) electrons. The maximum Gasteiger partial charge on any atom is 0.287 e. The molecule has 2 aromatic heterocycles. The summed E-state index contributed by atoms with van der Waals surface area (Å²) in [5, 5.41) is 5.68. The van der Waals surface area contributed by atoms with Gasteiger partial charge in [-0.15, -0.1) is 0 Å². The van der Waals surface area contributed by atoms with Gasteiger partial charge in [0, 0.05) is 19.3 Å². The summed E-state index contributed by atoms with van der Waals surface area (Å²) in [5.41, 5.74) is 1.74. The largest absolute Gasteiger partial charge is 0.351 e. The molecule has 0 saturated heterocycles. The number of carbonyl (C=O) groups is 2. The first-order valence-corrected chi connectivity index (χ1v) is 9.73. The molecule has 6 nitrogen and oxygen atoms in total. The van der Waals surface area contributed by atoms with E-state index in [-0.39, 0.29) is 29.1 Å². The van der Waals surface area contributed by atoms with Crippen molar-refractivity contribution in [2.24, 2.45) is 5.92 Å². The first-order chi connectivity index (χ1) is 14.0. The van der Waals surface area contributed by atoms with Crippen LogP contribution in [0, 0.1) is 11.7 Å². The van der Waals surface area contributed by atoms with Gasteiger partial charge in [-0.05, 0) is 48.6 Å². The average molecular weight is 396 g/mol. The predicted molar refractivity (Wildman–Crippen MR) is 109 cm³/mol. The van der Waals surface area contributed by atoms with Crippen molar-refractivity contribution >= 4 is 17.3 Å². The Morgan fingerprint density at radius 3 is 2.48 bits per heavy atom. The van der Waals surface area contributed by atoms with Crippen molar-refractivity contribution in [3.05, 3.63) is 71.6 Å². The zero-order valence-corrected chi connectivity index (χ0v) is 16.6. The van der Waals surface area contributed by atoms with Gasteiger partial charge < -0.3 is 10.6 Å². The monoisotopic (exact) mass is 396 g/mol. The normalized spacial score (nSPS) is 11.0. The highest BCUT2D eigenvalue weighted by atomic mass is 19.1. The summed E-state index contributed by atoms with van der Waals surface area (Å²) in [7, 11) is 0. The summed E-state index contributed by atoms with van der Waals surface area (Å²) in [6.45, 7) is 5.11. The number of nitrogens with one attached hydrogen (secondary N) is 2. The molecule has 0 aliphatic rings. The average Bonchev–Trinajstić information content (AvgIpc) is 3.09. The van der Waals surface area contributed by atoms with Crippen molar-refractivity contribution in [2.45, 2.75) is 26.7 Å². The van der Waals surface area contributed by atoms with Crippen LogP contribution in [0.1, 0.15) is 46.9 Å². The molecule has 1 aromatic carbocycles. The van der Waals surface area contributed by atoms with Gasteiger partial charge in [-0.25, -0.2) is 9.37 Å². The van der Waals surface area contributed by atoms with E-state index < -0.39 is 0 Å².